The molecule has 0 saturated carbocycles. The summed E-state index contributed by atoms with van der Waals surface area (Å²) in [5, 5.41) is 10.7. The molecule has 0 amide bonds. The minimum atomic E-state index is -1.08. The monoisotopic (exact) mass is 222 g/mol. The second kappa shape index (κ2) is 3.41. The third-order valence-electron chi connectivity index (χ3n) is 2.40. The van der Waals surface area contributed by atoms with Gasteiger partial charge in [0.1, 0.15) is 0 Å². The van der Waals surface area contributed by atoms with Crippen LogP contribution in [0.5, 0.6) is 0 Å². The van der Waals surface area contributed by atoms with Crippen molar-refractivity contribution >= 4 is 16.6 Å². The fourth-order valence-corrected chi connectivity index (χ4v) is 1.60. The molecule has 1 heterocycles. The van der Waals surface area contributed by atoms with Gasteiger partial charge in [-0.1, -0.05) is 12.1 Å². The number of hydrogen-bond donors (Lipinski definition) is 0. The molecule has 2 aromatic rings. The van der Waals surface area contributed by atoms with Gasteiger partial charge >= 0.3 is 11.2 Å². The van der Waals surface area contributed by atoms with E-state index in [1.165, 1.54) is 19.2 Å². The molecular weight excluding hydrogens is 215 g/mol. The van der Waals surface area contributed by atoms with Gasteiger partial charge in [-0.3, -0.25) is 14.9 Å². The number of fused-ring (bicyclic) bond motifs is 1. The highest BCUT2D eigenvalue weighted by atomic mass is 19.1. The maximum Gasteiger partial charge on any atom is 0.369 e. The van der Waals surface area contributed by atoms with E-state index in [9.17, 15) is 19.3 Å². The zero-order valence-corrected chi connectivity index (χ0v) is 8.31. The van der Waals surface area contributed by atoms with Gasteiger partial charge < -0.3 is 4.57 Å². The van der Waals surface area contributed by atoms with E-state index < -0.39 is 22.0 Å². The molecule has 1 aromatic heterocycles. The van der Waals surface area contributed by atoms with Crippen LogP contribution in [0.15, 0.2) is 29.1 Å². The lowest BCUT2D eigenvalue weighted by Crippen LogP contribution is -2.22. The zero-order valence-electron chi connectivity index (χ0n) is 8.31. The highest BCUT2D eigenvalue weighted by molar-refractivity contribution is 5.81. The Labute approximate surface area is 88.9 Å². The molecule has 16 heavy (non-hydrogen) atoms. The number of nitrogens with zero attached hydrogens (tertiary/aromatic N) is 2. The van der Waals surface area contributed by atoms with Crippen molar-refractivity contribution in [3.05, 3.63) is 50.6 Å². The first kappa shape index (κ1) is 10.3. The Morgan fingerprint density at radius 1 is 1.38 bits per heavy atom. The predicted octanol–water partition coefficient (Wildman–Crippen LogP) is 1.59. The van der Waals surface area contributed by atoms with Gasteiger partial charge in [0.25, 0.3) is 0 Å². The van der Waals surface area contributed by atoms with Gasteiger partial charge in [0.15, 0.2) is 0 Å². The average Bonchev–Trinajstić information content (AvgIpc) is 2.26. The lowest BCUT2D eigenvalue weighted by atomic mass is 10.2. The minimum absolute atomic E-state index is 0.0660. The molecule has 0 aliphatic heterocycles. The highest BCUT2D eigenvalue weighted by Gasteiger charge is 2.24. The van der Waals surface area contributed by atoms with Gasteiger partial charge in [-0.25, -0.2) is 0 Å². The number of aromatic nitrogens is 1. The van der Waals surface area contributed by atoms with Crippen LogP contribution in [0.3, 0.4) is 0 Å². The fraction of sp³-hybridized carbons (Fsp3) is 0.100. The van der Waals surface area contributed by atoms with Crippen LogP contribution in [0, 0.1) is 15.9 Å². The van der Waals surface area contributed by atoms with E-state index >= 15 is 0 Å². The SMILES string of the molecule is Cn1c(=O)c([N+](=O)[O-])c(F)c2ccccc21. The number of halogens is 1. The van der Waals surface area contributed by atoms with Crippen LogP contribution >= 0.6 is 0 Å². The van der Waals surface area contributed by atoms with Gasteiger partial charge in [0.2, 0.25) is 5.82 Å². The van der Waals surface area contributed by atoms with Crippen molar-refractivity contribution in [3.8, 4) is 0 Å². The topological polar surface area (TPSA) is 65.1 Å². The normalized spacial score (nSPS) is 10.6. The molecule has 0 bridgehead atoms. The van der Waals surface area contributed by atoms with E-state index in [1.807, 2.05) is 0 Å². The lowest BCUT2D eigenvalue weighted by molar-refractivity contribution is -0.389. The molecule has 0 N–H and O–H groups in total. The van der Waals surface area contributed by atoms with E-state index in [0.717, 1.165) is 4.57 Å². The summed E-state index contributed by atoms with van der Waals surface area (Å²) < 4.78 is 14.8. The van der Waals surface area contributed by atoms with Crippen LogP contribution in [-0.4, -0.2) is 9.49 Å². The summed E-state index contributed by atoms with van der Waals surface area (Å²) >= 11 is 0. The Morgan fingerprint density at radius 3 is 2.62 bits per heavy atom. The first-order valence-electron chi connectivity index (χ1n) is 4.45. The zero-order chi connectivity index (χ0) is 11.9. The van der Waals surface area contributed by atoms with E-state index in [4.69, 9.17) is 0 Å². The number of hydrogen-bond acceptors (Lipinski definition) is 3. The van der Waals surface area contributed by atoms with Crippen molar-refractivity contribution in [3.63, 3.8) is 0 Å². The molecule has 2 rings (SSSR count). The molecule has 0 saturated heterocycles. The number of rotatable bonds is 1. The van der Waals surface area contributed by atoms with Crippen molar-refractivity contribution in [1.82, 2.24) is 4.57 Å². The second-order valence-electron chi connectivity index (χ2n) is 3.30. The van der Waals surface area contributed by atoms with Crippen LogP contribution in [-0.2, 0) is 7.05 Å². The predicted molar refractivity (Wildman–Crippen MR) is 55.8 cm³/mol. The summed E-state index contributed by atoms with van der Waals surface area (Å²) in [4.78, 5) is 21.1. The summed E-state index contributed by atoms with van der Waals surface area (Å²) in [5.74, 6) is -1.08. The molecule has 1 aromatic carbocycles. The molecule has 6 heteroatoms. The molecule has 82 valence electrons. The number of pyridine rings is 1. The van der Waals surface area contributed by atoms with Gasteiger partial charge in [-0.15, -0.1) is 0 Å². The molecule has 0 atom stereocenters. The van der Waals surface area contributed by atoms with Gasteiger partial charge in [0.05, 0.1) is 10.4 Å². The molecular formula is C10H7FN2O3. The summed E-state index contributed by atoms with van der Waals surface area (Å²) in [6.45, 7) is 0. The second-order valence-corrected chi connectivity index (χ2v) is 3.30. The van der Waals surface area contributed by atoms with Crippen molar-refractivity contribution in [2.75, 3.05) is 0 Å². The number of benzene rings is 1. The van der Waals surface area contributed by atoms with Crippen LogP contribution in [0.1, 0.15) is 0 Å². The van der Waals surface area contributed by atoms with Crippen molar-refractivity contribution in [1.29, 1.82) is 0 Å². The fourth-order valence-electron chi connectivity index (χ4n) is 1.60. The largest absolute Gasteiger partial charge is 0.369 e. The average molecular weight is 222 g/mol. The Morgan fingerprint density at radius 2 is 2.00 bits per heavy atom. The maximum atomic E-state index is 13.7. The Hall–Kier alpha value is -2.24. The first-order chi connectivity index (χ1) is 7.54. The standard InChI is InChI=1S/C10H7FN2O3/c1-12-7-5-3-2-4-6(7)8(11)9(10(12)14)13(15)16/h2-5H,1H3. The molecule has 0 aliphatic carbocycles. The van der Waals surface area contributed by atoms with Crippen LogP contribution in [0.25, 0.3) is 10.9 Å². The summed E-state index contributed by atoms with van der Waals surface area (Å²) in [6.07, 6.45) is 0. The molecule has 0 fully saturated rings. The maximum absolute atomic E-state index is 13.7. The molecule has 0 radical (unpaired) electrons. The first-order valence-corrected chi connectivity index (χ1v) is 4.45. The summed E-state index contributed by atoms with van der Waals surface area (Å²) in [5.41, 5.74) is -1.63. The Bertz CT molecular complexity index is 648. The smallest absolute Gasteiger partial charge is 0.305 e. The van der Waals surface area contributed by atoms with E-state index in [2.05, 4.69) is 0 Å². The molecule has 0 aliphatic rings. The molecule has 0 spiro atoms. The third-order valence-corrected chi connectivity index (χ3v) is 2.40. The van der Waals surface area contributed by atoms with Crippen LogP contribution in [0.4, 0.5) is 10.1 Å². The van der Waals surface area contributed by atoms with Crippen LogP contribution < -0.4 is 5.56 Å². The van der Waals surface area contributed by atoms with Gasteiger partial charge in [-0.2, -0.15) is 4.39 Å². The highest BCUT2D eigenvalue weighted by Crippen LogP contribution is 2.21. The van der Waals surface area contributed by atoms with Gasteiger partial charge in [-0.05, 0) is 12.1 Å². The summed E-state index contributed by atoms with van der Waals surface area (Å²) in [7, 11) is 1.37. The number of aryl methyl sites for hydroxylation is 1. The molecule has 5 nitrogen and oxygen atoms in total. The number of nitro groups is 1. The minimum Gasteiger partial charge on any atom is -0.305 e. The van der Waals surface area contributed by atoms with Crippen molar-refractivity contribution in [2.24, 2.45) is 7.05 Å². The van der Waals surface area contributed by atoms with Crippen molar-refractivity contribution in [2.45, 2.75) is 0 Å². The lowest BCUT2D eigenvalue weighted by Gasteiger charge is -2.05. The quantitative estimate of drug-likeness (QED) is 0.543. The van der Waals surface area contributed by atoms with E-state index in [1.54, 1.807) is 12.1 Å². The van der Waals surface area contributed by atoms with E-state index in [0.29, 0.717) is 5.52 Å². The third kappa shape index (κ3) is 1.27. The Balaban J connectivity index is 3.07. The van der Waals surface area contributed by atoms with Gasteiger partial charge in [0, 0.05) is 12.4 Å². The van der Waals surface area contributed by atoms with E-state index in [-0.39, 0.29) is 5.39 Å². The Kier molecular flexibility index (Phi) is 2.19. The number of para-hydroxylation sites is 1. The molecule has 0 unspecified atom stereocenters. The van der Waals surface area contributed by atoms with Crippen molar-refractivity contribution < 1.29 is 9.31 Å². The van der Waals surface area contributed by atoms with Crippen LogP contribution in [0.2, 0.25) is 0 Å². The summed E-state index contributed by atoms with van der Waals surface area (Å²) in [6, 6.07) is 6.12.